The number of hydrogen-bond donors (Lipinski definition) is 0. The largest absolute Gasteiger partial charge is 0.0776 e. The van der Waals surface area contributed by atoms with Gasteiger partial charge in [-0.3, -0.25) is 0 Å². The summed E-state index contributed by atoms with van der Waals surface area (Å²) in [5.41, 5.74) is 0.799. The maximum Gasteiger partial charge on any atom is -0.0292 e. The summed E-state index contributed by atoms with van der Waals surface area (Å²) < 4.78 is 0. The van der Waals surface area contributed by atoms with E-state index in [9.17, 15) is 0 Å². The van der Waals surface area contributed by atoms with Gasteiger partial charge in [-0.1, -0.05) is 76.2 Å². The van der Waals surface area contributed by atoms with Crippen LogP contribution < -0.4 is 0 Å². The smallest absolute Gasteiger partial charge is 0.0292 e. The van der Waals surface area contributed by atoms with E-state index in [1.807, 2.05) is 0 Å². The van der Waals surface area contributed by atoms with Crippen LogP contribution >= 0.6 is 0 Å². The van der Waals surface area contributed by atoms with E-state index in [1.54, 1.807) is 19.3 Å². The summed E-state index contributed by atoms with van der Waals surface area (Å²) in [5, 5.41) is 0. The van der Waals surface area contributed by atoms with Crippen molar-refractivity contribution in [3.05, 3.63) is 0 Å². The minimum atomic E-state index is 0. The fourth-order valence-corrected chi connectivity index (χ4v) is 9.15. The molecule has 0 radical (unpaired) electrons. The number of fused-ring (bicyclic) bond motifs is 3. The van der Waals surface area contributed by atoms with Crippen LogP contribution in [0.1, 0.15) is 134 Å². The van der Waals surface area contributed by atoms with Crippen LogP contribution in [0.5, 0.6) is 0 Å². The van der Waals surface area contributed by atoms with E-state index in [4.69, 9.17) is 0 Å². The second-order valence-electron chi connectivity index (χ2n) is 15.5. The molecule has 11 unspecified atom stereocenters. The van der Waals surface area contributed by atoms with E-state index >= 15 is 0 Å². The molecule has 0 heteroatoms. The lowest BCUT2D eigenvalue weighted by molar-refractivity contribution is 0.210. The fraction of sp³-hybridized carbons (Fsp3) is 1.00. The van der Waals surface area contributed by atoms with E-state index in [1.165, 1.54) is 44.9 Å². The van der Waals surface area contributed by atoms with Crippen LogP contribution in [0.3, 0.4) is 0 Å². The van der Waals surface area contributed by atoms with E-state index in [0.29, 0.717) is 0 Å². The molecule has 0 bridgehead atoms. The van der Waals surface area contributed by atoms with Gasteiger partial charge in [-0.25, -0.2) is 0 Å². The number of hydrogen-bond acceptors (Lipinski definition) is 0. The Hall–Kier alpha value is 0. The first-order valence-electron chi connectivity index (χ1n) is 15.5. The van der Waals surface area contributed by atoms with E-state index in [0.717, 1.165) is 82.3 Å². The summed E-state index contributed by atoms with van der Waals surface area (Å²) in [6.45, 7) is 21.8. The van der Waals surface area contributed by atoms with Gasteiger partial charge in [-0.05, 0) is 140 Å². The molecule has 0 aliphatic heterocycles. The summed E-state index contributed by atoms with van der Waals surface area (Å²) >= 11 is 0. The average molecular weight is 473 g/mol. The highest BCUT2D eigenvalue weighted by Crippen LogP contribution is 2.64. The molecule has 0 nitrogen and oxygen atoms in total. The van der Waals surface area contributed by atoms with Crippen LogP contribution in [-0.2, 0) is 0 Å². The number of rotatable bonds is 3. The Morgan fingerprint density at radius 1 is 0.676 bits per heavy atom. The van der Waals surface area contributed by atoms with Crippen LogP contribution in [0.25, 0.3) is 0 Å². The first-order valence-corrected chi connectivity index (χ1v) is 15.5. The zero-order chi connectivity index (χ0) is 24.1. The highest BCUT2D eigenvalue weighted by Gasteiger charge is 2.55. The average Bonchev–Trinajstić information content (AvgIpc) is 3.61. The van der Waals surface area contributed by atoms with Crippen molar-refractivity contribution in [1.29, 1.82) is 0 Å². The minimum absolute atomic E-state index is 0. The van der Waals surface area contributed by atoms with E-state index in [-0.39, 0.29) is 7.43 Å². The molecule has 0 N–H and O–H groups in total. The minimum Gasteiger partial charge on any atom is -0.0776 e. The maximum absolute atomic E-state index is 2.49. The molecule has 6 rings (SSSR count). The van der Waals surface area contributed by atoms with Gasteiger partial charge in [0.1, 0.15) is 0 Å². The van der Waals surface area contributed by atoms with Crippen molar-refractivity contribution >= 4 is 0 Å². The Kier molecular flexibility index (Phi) is 9.39. The fourth-order valence-electron chi connectivity index (χ4n) is 9.15. The second-order valence-corrected chi connectivity index (χ2v) is 15.5. The maximum atomic E-state index is 2.49. The molecule has 6 aliphatic carbocycles. The van der Waals surface area contributed by atoms with Crippen LogP contribution in [0.4, 0.5) is 0 Å². The Labute approximate surface area is 216 Å². The van der Waals surface area contributed by atoms with Crippen molar-refractivity contribution in [2.45, 2.75) is 134 Å². The Morgan fingerprint density at radius 3 is 1.85 bits per heavy atom. The standard InChI is InChI=1S/3C11H20.CH4/c1-7(2)9-4-8(3)11-6-10(11)5-9;1-7(2)10-5-8(3)4-9-6-11(9)10;1-8(2)9-5-4-6-11(3)7-10(9)11;/h2*7-11H,4-6H2,1-3H3;8-10H,4-7H2,1-3H3;1H4. The van der Waals surface area contributed by atoms with Gasteiger partial charge in [0.15, 0.2) is 0 Å². The van der Waals surface area contributed by atoms with Crippen LogP contribution in [0.15, 0.2) is 0 Å². The Bertz CT molecular complexity index is 624. The third-order valence-corrected chi connectivity index (χ3v) is 11.8. The summed E-state index contributed by atoms with van der Waals surface area (Å²) in [7, 11) is 0. The first-order chi connectivity index (χ1) is 15.5. The molecule has 0 spiro atoms. The van der Waals surface area contributed by atoms with E-state index < -0.39 is 0 Å². The quantitative estimate of drug-likeness (QED) is 0.383. The molecule has 0 aromatic rings. The molecule has 6 saturated carbocycles. The Morgan fingerprint density at radius 2 is 1.29 bits per heavy atom. The van der Waals surface area contributed by atoms with Crippen molar-refractivity contribution in [2.24, 2.45) is 82.3 Å². The molecule has 0 saturated heterocycles. The zero-order valence-corrected chi connectivity index (χ0v) is 24.1. The molecule has 6 aliphatic rings. The predicted molar refractivity (Wildman–Crippen MR) is 152 cm³/mol. The van der Waals surface area contributed by atoms with E-state index in [2.05, 4.69) is 62.3 Å². The molecule has 0 aromatic carbocycles. The summed E-state index contributed by atoms with van der Waals surface area (Å²) in [6.07, 6.45) is 15.3. The van der Waals surface area contributed by atoms with Crippen molar-refractivity contribution in [3.8, 4) is 0 Å². The van der Waals surface area contributed by atoms with Crippen molar-refractivity contribution in [2.75, 3.05) is 0 Å². The van der Waals surface area contributed by atoms with Crippen molar-refractivity contribution in [1.82, 2.24) is 0 Å². The topological polar surface area (TPSA) is 0 Å². The monoisotopic (exact) mass is 473 g/mol. The summed E-state index contributed by atoms with van der Waals surface area (Å²) in [5.74, 6) is 13.7. The van der Waals surface area contributed by atoms with Crippen molar-refractivity contribution < 1.29 is 0 Å². The van der Waals surface area contributed by atoms with Gasteiger partial charge in [-0.15, -0.1) is 0 Å². The third kappa shape index (κ3) is 6.65. The van der Waals surface area contributed by atoms with Gasteiger partial charge in [0.05, 0.1) is 0 Å². The normalized spacial score (nSPS) is 47.6. The van der Waals surface area contributed by atoms with Gasteiger partial charge in [0, 0.05) is 0 Å². The molecular weight excluding hydrogens is 408 g/mol. The molecule has 0 heterocycles. The zero-order valence-electron chi connectivity index (χ0n) is 24.1. The van der Waals surface area contributed by atoms with Crippen molar-refractivity contribution in [3.63, 3.8) is 0 Å². The van der Waals surface area contributed by atoms with Crippen LogP contribution in [-0.4, -0.2) is 0 Å². The molecule has 0 aromatic heterocycles. The van der Waals surface area contributed by atoms with Gasteiger partial charge in [0.25, 0.3) is 0 Å². The predicted octanol–water partition coefficient (Wildman–Crippen LogP) is 10.8. The third-order valence-electron chi connectivity index (χ3n) is 11.8. The molecule has 6 fully saturated rings. The highest BCUT2D eigenvalue weighted by atomic mass is 14.6. The van der Waals surface area contributed by atoms with Crippen LogP contribution in [0.2, 0.25) is 0 Å². The summed E-state index contributed by atoms with van der Waals surface area (Å²) in [4.78, 5) is 0. The van der Waals surface area contributed by atoms with Gasteiger partial charge >= 0.3 is 0 Å². The molecule has 34 heavy (non-hydrogen) atoms. The molecule has 200 valence electrons. The van der Waals surface area contributed by atoms with Gasteiger partial charge in [0.2, 0.25) is 0 Å². The first kappa shape index (κ1) is 28.6. The van der Waals surface area contributed by atoms with Gasteiger partial charge < -0.3 is 0 Å². The SMILES string of the molecule is C.CC(C)C1CC(C)C2CC2C1.CC(C)C1CCCC2(C)CC12.CC1CC2CC2C(C(C)C)C1. The molecule has 11 atom stereocenters. The van der Waals surface area contributed by atoms with Gasteiger partial charge in [-0.2, -0.15) is 0 Å². The molecule has 0 amide bonds. The Balaban J connectivity index is 0.000000141. The lowest BCUT2D eigenvalue weighted by Gasteiger charge is -2.29. The van der Waals surface area contributed by atoms with Crippen LogP contribution in [0, 0.1) is 82.3 Å². The highest BCUT2D eigenvalue weighted by molar-refractivity contribution is 5.05. The summed E-state index contributed by atoms with van der Waals surface area (Å²) in [6, 6.07) is 0. The molecular formula is C34H64. The lowest BCUT2D eigenvalue weighted by atomic mass is 9.77. The lowest BCUT2D eigenvalue weighted by Crippen LogP contribution is -2.20. The second kappa shape index (κ2) is 11.2.